The number of nitrogens with one attached hydrogen (secondary N) is 1. The molecule has 1 saturated carbocycles. The van der Waals surface area contributed by atoms with E-state index in [2.05, 4.69) is 47.5 Å². The highest BCUT2D eigenvalue weighted by Gasteiger charge is 2.29. The summed E-state index contributed by atoms with van der Waals surface area (Å²) in [5.41, 5.74) is 6.28. The first-order valence-electron chi connectivity index (χ1n) is 13.0. The van der Waals surface area contributed by atoms with E-state index in [1.807, 2.05) is 22.4 Å². The van der Waals surface area contributed by atoms with Crippen molar-refractivity contribution in [3.63, 3.8) is 0 Å². The predicted molar refractivity (Wildman–Crippen MR) is 140 cm³/mol. The summed E-state index contributed by atoms with van der Waals surface area (Å²) < 4.78 is 5.48. The Morgan fingerprint density at radius 2 is 2.09 bits per heavy atom. The van der Waals surface area contributed by atoms with Crippen molar-refractivity contribution in [2.75, 3.05) is 32.8 Å². The molecule has 4 heterocycles. The molecule has 184 valence electrons. The van der Waals surface area contributed by atoms with E-state index >= 15 is 0 Å². The lowest BCUT2D eigenvalue weighted by atomic mass is 9.92. The average Bonchev–Trinajstić information content (AvgIpc) is 3.48. The number of fused-ring (bicyclic) bond motifs is 1. The molecule has 2 aromatic rings. The molecule has 35 heavy (non-hydrogen) atoms. The van der Waals surface area contributed by atoms with Crippen LogP contribution in [0.15, 0.2) is 42.1 Å². The molecule has 0 aromatic carbocycles. The molecule has 0 bridgehead atoms. The van der Waals surface area contributed by atoms with Crippen molar-refractivity contribution in [3.8, 4) is 10.4 Å². The fraction of sp³-hybridized carbons (Fsp3) is 0.500. The van der Waals surface area contributed by atoms with E-state index in [-0.39, 0.29) is 12.1 Å². The van der Waals surface area contributed by atoms with E-state index in [1.165, 1.54) is 38.4 Å². The number of morpholine rings is 1. The van der Waals surface area contributed by atoms with Gasteiger partial charge in [0, 0.05) is 71.8 Å². The molecule has 0 radical (unpaired) electrons. The van der Waals surface area contributed by atoms with Gasteiger partial charge in [0.1, 0.15) is 0 Å². The molecule has 6 nitrogen and oxygen atoms in total. The third kappa shape index (κ3) is 4.82. The molecule has 1 unspecified atom stereocenters. The van der Waals surface area contributed by atoms with Gasteiger partial charge in [-0.1, -0.05) is 12.2 Å². The second-order valence-electron chi connectivity index (χ2n) is 10.1. The lowest BCUT2D eigenvalue weighted by molar-refractivity contribution is 0.0346. The molecule has 2 amide bonds. The summed E-state index contributed by atoms with van der Waals surface area (Å²) in [6, 6.07) is 7.39. The zero-order valence-corrected chi connectivity index (χ0v) is 21.3. The number of ether oxygens (including phenoxy) is 1. The van der Waals surface area contributed by atoms with E-state index in [1.54, 1.807) is 0 Å². The molecular formula is C28H34N4O2S. The number of amides is 2. The van der Waals surface area contributed by atoms with Crippen LogP contribution in [0.2, 0.25) is 0 Å². The second-order valence-corrected chi connectivity index (χ2v) is 11.3. The molecule has 4 aliphatic rings. The Balaban J connectivity index is 1.16. The van der Waals surface area contributed by atoms with E-state index in [4.69, 9.17) is 9.72 Å². The average molecular weight is 491 g/mol. The van der Waals surface area contributed by atoms with Crippen LogP contribution in [0.25, 0.3) is 16.0 Å². The van der Waals surface area contributed by atoms with Crippen LogP contribution in [-0.4, -0.2) is 65.7 Å². The van der Waals surface area contributed by atoms with Gasteiger partial charge in [0.2, 0.25) is 0 Å². The Bertz CT molecular complexity index is 1160. The number of carbonyl (C=O) groups is 1. The first-order valence-corrected chi connectivity index (χ1v) is 13.8. The lowest BCUT2D eigenvalue weighted by Crippen LogP contribution is -2.51. The number of hydrogen-bond donors (Lipinski definition) is 1. The van der Waals surface area contributed by atoms with Crippen molar-refractivity contribution in [2.45, 2.75) is 57.7 Å². The highest BCUT2D eigenvalue weighted by atomic mass is 32.1. The van der Waals surface area contributed by atoms with Crippen LogP contribution in [0.3, 0.4) is 0 Å². The number of thiophene rings is 1. The maximum Gasteiger partial charge on any atom is 0.318 e. The largest absolute Gasteiger partial charge is 0.379 e. The standard InChI is InChI=1S/C28H34N4O2S/c1-19-15-20(9-10-32(19)28(33)30-22-3-2-4-22)24-6-7-26-25(24)16-21(17-29-26)27-8-5-23(35-27)18-31-11-13-34-14-12-31/h5-6,8,15-17,19,22H,2-4,7,9-14,18H2,1H3,(H,30,33). The maximum atomic E-state index is 12.7. The predicted octanol–water partition coefficient (Wildman–Crippen LogP) is 4.86. The molecule has 2 aromatic heterocycles. The molecule has 6 rings (SSSR count). The number of carbonyl (C=O) groups excluding carboxylic acids is 1. The zero-order chi connectivity index (χ0) is 23.8. The number of aromatic nitrogens is 1. The van der Waals surface area contributed by atoms with Gasteiger partial charge in [-0.05, 0) is 62.0 Å². The van der Waals surface area contributed by atoms with Crippen LogP contribution in [0.1, 0.15) is 48.7 Å². The Kier molecular flexibility index (Phi) is 6.48. The van der Waals surface area contributed by atoms with Gasteiger partial charge in [-0.15, -0.1) is 11.3 Å². The minimum absolute atomic E-state index is 0.0906. The number of hydrogen-bond acceptors (Lipinski definition) is 5. The SMILES string of the molecule is CC1C=C(C2=CCc3ncc(-c4ccc(CN5CCOCC5)s4)cc32)CCN1C(=O)NC1CCC1. The fourth-order valence-corrected chi connectivity index (χ4v) is 6.50. The van der Waals surface area contributed by atoms with Gasteiger partial charge in [-0.3, -0.25) is 9.88 Å². The van der Waals surface area contributed by atoms with Crippen LogP contribution in [0.5, 0.6) is 0 Å². The van der Waals surface area contributed by atoms with Crippen molar-refractivity contribution in [2.24, 2.45) is 0 Å². The van der Waals surface area contributed by atoms with Gasteiger partial charge in [-0.25, -0.2) is 4.79 Å². The van der Waals surface area contributed by atoms with Gasteiger partial charge in [0.05, 0.1) is 18.9 Å². The van der Waals surface area contributed by atoms with E-state index < -0.39 is 0 Å². The van der Waals surface area contributed by atoms with Gasteiger partial charge in [0.15, 0.2) is 0 Å². The van der Waals surface area contributed by atoms with E-state index in [9.17, 15) is 4.79 Å². The van der Waals surface area contributed by atoms with Crippen molar-refractivity contribution in [1.82, 2.24) is 20.1 Å². The first-order chi connectivity index (χ1) is 17.1. The molecule has 7 heteroatoms. The summed E-state index contributed by atoms with van der Waals surface area (Å²) in [6.45, 7) is 7.57. The third-order valence-electron chi connectivity index (χ3n) is 7.78. The quantitative estimate of drug-likeness (QED) is 0.650. The molecule has 1 N–H and O–H groups in total. The minimum atomic E-state index is 0.0906. The Hall–Kier alpha value is -2.48. The minimum Gasteiger partial charge on any atom is -0.379 e. The van der Waals surface area contributed by atoms with Crippen LogP contribution in [0, 0.1) is 0 Å². The van der Waals surface area contributed by atoms with Crippen LogP contribution >= 0.6 is 11.3 Å². The summed E-state index contributed by atoms with van der Waals surface area (Å²) in [7, 11) is 0. The molecule has 1 saturated heterocycles. The van der Waals surface area contributed by atoms with Crippen molar-refractivity contribution >= 4 is 22.9 Å². The number of pyridine rings is 1. The van der Waals surface area contributed by atoms with Gasteiger partial charge >= 0.3 is 6.03 Å². The number of urea groups is 1. The zero-order valence-electron chi connectivity index (χ0n) is 20.5. The van der Waals surface area contributed by atoms with Crippen LogP contribution in [-0.2, 0) is 17.7 Å². The summed E-state index contributed by atoms with van der Waals surface area (Å²) in [6.07, 6.45) is 11.9. The normalized spacial score (nSPS) is 22.9. The molecule has 0 spiro atoms. The third-order valence-corrected chi connectivity index (χ3v) is 8.90. The summed E-state index contributed by atoms with van der Waals surface area (Å²) in [4.78, 5) is 24.7. The first kappa shape index (κ1) is 23.0. The molecule has 2 aliphatic heterocycles. The summed E-state index contributed by atoms with van der Waals surface area (Å²) in [5, 5.41) is 3.19. The van der Waals surface area contributed by atoms with Crippen molar-refractivity contribution < 1.29 is 9.53 Å². The van der Waals surface area contributed by atoms with Crippen molar-refractivity contribution in [1.29, 1.82) is 0 Å². The fourth-order valence-electron chi connectivity index (χ4n) is 5.46. The van der Waals surface area contributed by atoms with Crippen molar-refractivity contribution in [3.05, 3.63) is 58.3 Å². The monoisotopic (exact) mass is 490 g/mol. The highest BCUT2D eigenvalue weighted by Crippen LogP contribution is 2.38. The lowest BCUT2D eigenvalue weighted by Gasteiger charge is -2.36. The number of allylic oxidation sites excluding steroid dienone is 2. The Morgan fingerprint density at radius 1 is 1.23 bits per heavy atom. The van der Waals surface area contributed by atoms with E-state index in [0.29, 0.717) is 6.04 Å². The Labute approximate surface area is 211 Å². The summed E-state index contributed by atoms with van der Waals surface area (Å²) >= 11 is 1.87. The molecule has 2 aliphatic carbocycles. The summed E-state index contributed by atoms with van der Waals surface area (Å²) in [5.74, 6) is 0. The smallest absolute Gasteiger partial charge is 0.318 e. The molecule has 2 fully saturated rings. The van der Waals surface area contributed by atoms with Gasteiger partial charge in [0.25, 0.3) is 0 Å². The van der Waals surface area contributed by atoms with Gasteiger partial charge < -0.3 is 15.0 Å². The molecule has 1 atom stereocenters. The van der Waals surface area contributed by atoms with Crippen LogP contribution < -0.4 is 5.32 Å². The molecular weight excluding hydrogens is 456 g/mol. The topological polar surface area (TPSA) is 57.7 Å². The number of rotatable bonds is 5. The van der Waals surface area contributed by atoms with Gasteiger partial charge in [-0.2, -0.15) is 0 Å². The van der Waals surface area contributed by atoms with Crippen LogP contribution in [0.4, 0.5) is 4.79 Å². The second kappa shape index (κ2) is 9.88. The van der Waals surface area contributed by atoms with E-state index in [0.717, 1.165) is 70.8 Å². The number of nitrogens with zero attached hydrogens (tertiary/aromatic N) is 3. The Morgan fingerprint density at radius 3 is 2.86 bits per heavy atom. The highest BCUT2D eigenvalue weighted by molar-refractivity contribution is 7.15. The maximum absolute atomic E-state index is 12.7.